The van der Waals surface area contributed by atoms with E-state index in [2.05, 4.69) is 10.0 Å². The molecule has 7 heteroatoms. The summed E-state index contributed by atoms with van der Waals surface area (Å²) in [5, 5.41) is 2.45. The van der Waals surface area contributed by atoms with Crippen molar-refractivity contribution in [2.75, 3.05) is 17.6 Å². The Morgan fingerprint density at radius 3 is 2.44 bits per heavy atom. The molecule has 2 N–H and O–H groups in total. The number of hydrogen-bond donors (Lipinski definition) is 2. The molecule has 5 nitrogen and oxygen atoms in total. The van der Waals surface area contributed by atoms with Gasteiger partial charge in [0.05, 0.1) is 12.3 Å². The number of rotatable bonds is 6. The average molecular weight is 274 g/mol. The molecule has 0 bridgehead atoms. The van der Waals surface area contributed by atoms with E-state index in [4.69, 9.17) is 0 Å². The monoisotopic (exact) mass is 274 g/mol. The smallest absolute Gasteiger partial charge is 0.239 e. The van der Waals surface area contributed by atoms with Crippen LogP contribution in [0, 0.1) is 5.82 Å². The Balaban J connectivity index is 2.45. The van der Waals surface area contributed by atoms with Crippen molar-refractivity contribution < 1.29 is 17.6 Å². The molecule has 0 aromatic heterocycles. The molecule has 0 aliphatic carbocycles. The average Bonchev–Trinajstić information content (AvgIpc) is 2.30. The van der Waals surface area contributed by atoms with Crippen molar-refractivity contribution in [1.82, 2.24) is 4.72 Å². The van der Waals surface area contributed by atoms with Crippen LogP contribution in [-0.4, -0.2) is 26.6 Å². The van der Waals surface area contributed by atoms with Crippen LogP contribution in [0.2, 0.25) is 0 Å². The van der Waals surface area contributed by atoms with Crippen LogP contribution in [0.1, 0.15) is 13.3 Å². The van der Waals surface area contributed by atoms with E-state index in [1.165, 1.54) is 24.3 Å². The highest BCUT2D eigenvalue weighted by molar-refractivity contribution is 7.89. The van der Waals surface area contributed by atoms with Gasteiger partial charge >= 0.3 is 0 Å². The first-order valence-electron chi connectivity index (χ1n) is 5.45. The Morgan fingerprint density at radius 2 is 1.89 bits per heavy atom. The Bertz CT molecular complexity index is 500. The third kappa shape index (κ3) is 5.24. The van der Waals surface area contributed by atoms with Crippen molar-refractivity contribution >= 4 is 21.6 Å². The highest BCUT2D eigenvalue weighted by atomic mass is 32.2. The van der Waals surface area contributed by atoms with Crippen LogP contribution in [0.4, 0.5) is 10.1 Å². The van der Waals surface area contributed by atoms with Crippen LogP contribution in [0.25, 0.3) is 0 Å². The van der Waals surface area contributed by atoms with Gasteiger partial charge < -0.3 is 5.32 Å². The number of carbonyl (C=O) groups excluding carboxylic acids is 1. The van der Waals surface area contributed by atoms with Gasteiger partial charge in [0.25, 0.3) is 0 Å². The number of carbonyl (C=O) groups is 1. The van der Waals surface area contributed by atoms with Gasteiger partial charge in [0, 0.05) is 5.69 Å². The molecule has 0 atom stereocenters. The molecular formula is C11H15FN2O3S. The third-order valence-corrected chi connectivity index (χ3v) is 3.58. The van der Waals surface area contributed by atoms with Crippen LogP contribution in [0.5, 0.6) is 0 Å². The van der Waals surface area contributed by atoms with Gasteiger partial charge in [-0.05, 0) is 30.7 Å². The summed E-state index contributed by atoms with van der Waals surface area (Å²) in [4.78, 5) is 11.4. The van der Waals surface area contributed by atoms with Crippen LogP contribution < -0.4 is 10.0 Å². The third-order valence-electron chi connectivity index (χ3n) is 2.05. The van der Waals surface area contributed by atoms with Crippen molar-refractivity contribution in [3.63, 3.8) is 0 Å². The number of hydrogen-bond acceptors (Lipinski definition) is 3. The van der Waals surface area contributed by atoms with Gasteiger partial charge in [0.2, 0.25) is 15.9 Å². The van der Waals surface area contributed by atoms with Crippen LogP contribution >= 0.6 is 0 Å². The molecule has 0 saturated heterocycles. The molecule has 1 amide bonds. The van der Waals surface area contributed by atoms with Crippen LogP contribution in [-0.2, 0) is 14.8 Å². The topological polar surface area (TPSA) is 75.3 Å². The van der Waals surface area contributed by atoms with E-state index in [0.717, 1.165) is 0 Å². The van der Waals surface area contributed by atoms with Gasteiger partial charge in [0.1, 0.15) is 5.82 Å². The van der Waals surface area contributed by atoms with E-state index in [1.807, 2.05) is 0 Å². The van der Waals surface area contributed by atoms with Gasteiger partial charge in [-0.1, -0.05) is 6.92 Å². The summed E-state index contributed by atoms with van der Waals surface area (Å²) in [7, 11) is -3.40. The van der Waals surface area contributed by atoms with Gasteiger partial charge in [0.15, 0.2) is 0 Å². The second-order valence-corrected chi connectivity index (χ2v) is 5.62. The minimum atomic E-state index is -3.40. The van der Waals surface area contributed by atoms with Crippen molar-refractivity contribution in [3.05, 3.63) is 30.1 Å². The number of nitrogens with one attached hydrogen (secondary N) is 2. The van der Waals surface area contributed by atoms with Crippen molar-refractivity contribution in [3.8, 4) is 0 Å². The van der Waals surface area contributed by atoms with Crippen molar-refractivity contribution in [1.29, 1.82) is 0 Å². The number of benzene rings is 1. The summed E-state index contributed by atoms with van der Waals surface area (Å²) in [6.07, 6.45) is 0.481. The van der Waals surface area contributed by atoms with E-state index in [0.29, 0.717) is 12.1 Å². The number of halogens is 1. The van der Waals surface area contributed by atoms with Gasteiger partial charge in [-0.15, -0.1) is 0 Å². The minimum absolute atomic E-state index is 0.0170. The highest BCUT2D eigenvalue weighted by Crippen LogP contribution is 2.07. The molecule has 0 radical (unpaired) electrons. The maximum Gasteiger partial charge on any atom is 0.239 e. The molecule has 0 heterocycles. The summed E-state index contributed by atoms with van der Waals surface area (Å²) in [5.41, 5.74) is 0.413. The molecule has 1 aromatic rings. The van der Waals surface area contributed by atoms with E-state index >= 15 is 0 Å². The van der Waals surface area contributed by atoms with Gasteiger partial charge in [-0.2, -0.15) is 0 Å². The fraction of sp³-hybridized carbons (Fsp3) is 0.364. The van der Waals surface area contributed by atoms with E-state index in [1.54, 1.807) is 6.92 Å². The first-order chi connectivity index (χ1) is 8.43. The summed E-state index contributed by atoms with van der Waals surface area (Å²) in [6, 6.07) is 5.20. The molecule has 0 fully saturated rings. The lowest BCUT2D eigenvalue weighted by Gasteiger charge is -2.07. The van der Waals surface area contributed by atoms with E-state index < -0.39 is 21.7 Å². The predicted molar refractivity (Wildman–Crippen MR) is 67.1 cm³/mol. The summed E-state index contributed by atoms with van der Waals surface area (Å²) in [5.74, 6) is -0.922. The second-order valence-electron chi connectivity index (χ2n) is 3.70. The zero-order valence-corrected chi connectivity index (χ0v) is 10.8. The SMILES string of the molecule is CCCS(=O)(=O)NCC(=O)Nc1ccc(F)cc1. The zero-order valence-electron chi connectivity index (χ0n) is 9.94. The largest absolute Gasteiger partial charge is 0.325 e. The molecule has 1 rings (SSSR count). The van der Waals surface area contributed by atoms with Crippen LogP contribution in [0.3, 0.4) is 0 Å². The Morgan fingerprint density at radius 1 is 1.28 bits per heavy atom. The molecule has 100 valence electrons. The molecule has 18 heavy (non-hydrogen) atoms. The highest BCUT2D eigenvalue weighted by Gasteiger charge is 2.10. The maximum atomic E-state index is 12.6. The summed E-state index contributed by atoms with van der Waals surface area (Å²) < 4.78 is 37.4. The fourth-order valence-corrected chi connectivity index (χ4v) is 2.29. The Kier molecular flexibility index (Phi) is 5.24. The Hall–Kier alpha value is -1.47. The number of sulfonamides is 1. The molecule has 0 aliphatic heterocycles. The lowest BCUT2D eigenvalue weighted by molar-refractivity contribution is -0.115. The zero-order chi connectivity index (χ0) is 13.6. The normalized spacial score (nSPS) is 11.2. The molecule has 0 unspecified atom stereocenters. The lowest BCUT2D eigenvalue weighted by atomic mass is 10.3. The fourth-order valence-electron chi connectivity index (χ4n) is 1.25. The number of amides is 1. The van der Waals surface area contributed by atoms with E-state index in [-0.39, 0.29) is 12.3 Å². The second kappa shape index (κ2) is 6.46. The first kappa shape index (κ1) is 14.6. The van der Waals surface area contributed by atoms with Crippen molar-refractivity contribution in [2.24, 2.45) is 0 Å². The maximum absolute atomic E-state index is 12.6. The number of anilines is 1. The molecular weight excluding hydrogens is 259 g/mol. The lowest BCUT2D eigenvalue weighted by Crippen LogP contribution is -2.34. The minimum Gasteiger partial charge on any atom is -0.325 e. The Labute approximate surface area is 105 Å². The molecule has 0 spiro atoms. The molecule has 1 aromatic carbocycles. The molecule has 0 saturated carbocycles. The first-order valence-corrected chi connectivity index (χ1v) is 7.11. The summed E-state index contributed by atoms with van der Waals surface area (Å²) in [6.45, 7) is 1.40. The standard InChI is InChI=1S/C11H15FN2O3S/c1-2-7-18(16,17)13-8-11(15)14-10-5-3-9(12)4-6-10/h3-6,13H,2,7-8H2,1H3,(H,14,15). The van der Waals surface area contributed by atoms with Crippen molar-refractivity contribution in [2.45, 2.75) is 13.3 Å². The van der Waals surface area contributed by atoms with Crippen LogP contribution in [0.15, 0.2) is 24.3 Å². The predicted octanol–water partition coefficient (Wildman–Crippen LogP) is 1.09. The summed E-state index contributed by atoms with van der Waals surface area (Å²) >= 11 is 0. The quantitative estimate of drug-likeness (QED) is 0.815. The van der Waals surface area contributed by atoms with Gasteiger partial charge in [-0.25, -0.2) is 17.5 Å². The molecule has 0 aliphatic rings. The van der Waals surface area contributed by atoms with E-state index in [9.17, 15) is 17.6 Å². The van der Waals surface area contributed by atoms with Gasteiger partial charge in [-0.3, -0.25) is 4.79 Å².